The molecule has 1 aromatic carbocycles. The van der Waals surface area contributed by atoms with Crippen LogP contribution in [0.15, 0.2) is 30.9 Å². The number of fused-ring (bicyclic) bond motifs is 1. The zero-order chi connectivity index (χ0) is 20.4. The lowest BCUT2D eigenvalue weighted by atomic mass is 9.95. The van der Waals surface area contributed by atoms with Gasteiger partial charge in [-0.05, 0) is 37.8 Å². The van der Waals surface area contributed by atoms with Gasteiger partial charge in [0.15, 0.2) is 0 Å². The highest BCUT2D eigenvalue weighted by atomic mass is 16.5. The maximum atomic E-state index is 13.1. The third kappa shape index (κ3) is 3.79. The third-order valence-corrected chi connectivity index (χ3v) is 5.94. The van der Waals surface area contributed by atoms with Crippen molar-refractivity contribution in [2.24, 2.45) is 5.92 Å². The van der Waals surface area contributed by atoms with Gasteiger partial charge in [0.25, 0.3) is 11.8 Å². The number of nitrogens with one attached hydrogen (secondary N) is 1. The Morgan fingerprint density at radius 2 is 2.10 bits per heavy atom. The first-order chi connectivity index (χ1) is 14.1. The van der Waals surface area contributed by atoms with Gasteiger partial charge in [-0.3, -0.25) is 19.3 Å². The fourth-order valence-electron chi connectivity index (χ4n) is 4.46. The Kier molecular flexibility index (Phi) is 5.67. The largest absolute Gasteiger partial charge is 0.376 e. The van der Waals surface area contributed by atoms with Crippen LogP contribution in [0.2, 0.25) is 0 Å². The molecule has 3 aliphatic rings. The second-order valence-corrected chi connectivity index (χ2v) is 7.87. The average Bonchev–Trinajstić information content (AvgIpc) is 3.35. The minimum absolute atomic E-state index is 0.00425. The predicted molar refractivity (Wildman–Crippen MR) is 109 cm³/mol. The second-order valence-electron chi connectivity index (χ2n) is 7.87. The zero-order valence-electron chi connectivity index (χ0n) is 16.6. The Morgan fingerprint density at radius 1 is 1.24 bits per heavy atom. The molecule has 1 N–H and O–H groups in total. The number of rotatable bonds is 6. The predicted octanol–water partition coefficient (Wildman–Crippen LogP) is 1.98. The molecule has 2 atom stereocenters. The van der Waals surface area contributed by atoms with Gasteiger partial charge in [0.1, 0.15) is 0 Å². The molecule has 154 valence electrons. The molecule has 0 radical (unpaired) electrons. The molecule has 0 bridgehead atoms. The van der Waals surface area contributed by atoms with Crippen molar-refractivity contribution in [3.8, 4) is 0 Å². The molecule has 3 amide bonds. The minimum atomic E-state index is -0.255. The molecule has 7 nitrogen and oxygen atoms in total. The van der Waals surface area contributed by atoms with Crippen molar-refractivity contribution in [1.82, 2.24) is 10.2 Å². The topological polar surface area (TPSA) is 79.0 Å². The molecule has 2 saturated heterocycles. The van der Waals surface area contributed by atoms with E-state index in [2.05, 4.69) is 16.8 Å². The molecular weight excluding hydrogens is 370 g/mol. The van der Waals surface area contributed by atoms with Crippen molar-refractivity contribution < 1.29 is 19.1 Å². The summed E-state index contributed by atoms with van der Waals surface area (Å²) in [4.78, 5) is 41.8. The number of benzene rings is 1. The van der Waals surface area contributed by atoms with Crippen LogP contribution in [0.5, 0.6) is 0 Å². The summed E-state index contributed by atoms with van der Waals surface area (Å²) >= 11 is 0. The summed E-state index contributed by atoms with van der Waals surface area (Å²) in [5.41, 5.74) is 1.66. The van der Waals surface area contributed by atoms with Crippen molar-refractivity contribution in [2.75, 3.05) is 37.7 Å². The molecule has 0 spiro atoms. The van der Waals surface area contributed by atoms with Crippen molar-refractivity contribution >= 4 is 23.4 Å². The van der Waals surface area contributed by atoms with E-state index in [1.54, 1.807) is 12.1 Å². The monoisotopic (exact) mass is 397 g/mol. The fourth-order valence-corrected chi connectivity index (χ4v) is 4.46. The van der Waals surface area contributed by atoms with Gasteiger partial charge < -0.3 is 15.0 Å². The Hall–Kier alpha value is -2.67. The lowest BCUT2D eigenvalue weighted by molar-refractivity contribution is -0.125. The summed E-state index contributed by atoms with van der Waals surface area (Å²) in [7, 11) is 0. The number of anilines is 1. The number of hydrogen-bond donors (Lipinski definition) is 1. The van der Waals surface area contributed by atoms with E-state index in [4.69, 9.17) is 4.74 Å². The van der Waals surface area contributed by atoms with Crippen LogP contribution in [0.25, 0.3) is 0 Å². The molecule has 0 aromatic heterocycles. The van der Waals surface area contributed by atoms with Gasteiger partial charge in [-0.25, -0.2) is 0 Å². The van der Waals surface area contributed by atoms with Gasteiger partial charge in [0.2, 0.25) is 5.91 Å². The van der Waals surface area contributed by atoms with Crippen LogP contribution in [0.3, 0.4) is 0 Å². The summed E-state index contributed by atoms with van der Waals surface area (Å²) in [6.07, 6.45) is 5.09. The molecule has 7 heteroatoms. The molecular formula is C22H27N3O4. The quantitative estimate of drug-likeness (QED) is 0.587. The molecule has 0 unspecified atom stereocenters. The summed E-state index contributed by atoms with van der Waals surface area (Å²) in [5, 5.41) is 2.86. The van der Waals surface area contributed by atoms with E-state index in [-0.39, 0.29) is 29.7 Å². The van der Waals surface area contributed by atoms with Crippen LogP contribution in [0.1, 0.15) is 46.4 Å². The first-order valence-corrected chi connectivity index (χ1v) is 10.3. The molecule has 1 aromatic rings. The molecule has 3 heterocycles. The van der Waals surface area contributed by atoms with Crippen LogP contribution in [-0.4, -0.2) is 61.5 Å². The molecule has 0 aliphatic carbocycles. The normalized spacial score (nSPS) is 24.0. The van der Waals surface area contributed by atoms with E-state index >= 15 is 0 Å². The van der Waals surface area contributed by atoms with Gasteiger partial charge >= 0.3 is 0 Å². The summed E-state index contributed by atoms with van der Waals surface area (Å²) < 4.78 is 5.62. The number of nitrogens with zero attached hydrogens (tertiary/aromatic N) is 2. The van der Waals surface area contributed by atoms with Crippen LogP contribution in [0, 0.1) is 5.92 Å². The van der Waals surface area contributed by atoms with Crippen molar-refractivity contribution in [3.05, 3.63) is 42.0 Å². The van der Waals surface area contributed by atoms with E-state index in [0.717, 1.165) is 37.9 Å². The maximum Gasteiger partial charge on any atom is 0.263 e. The molecule has 0 saturated carbocycles. The lowest BCUT2D eigenvalue weighted by Crippen LogP contribution is -2.43. The van der Waals surface area contributed by atoms with Gasteiger partial charge in [-0.2, -0.15) is 0 Å². The Labute approximate surface area is 170 Å². The zero-order valence-corrected chi connectivity index (χ0v) is 16.6. The van der Waals surface area contributed by atoms with Gasteiger partial charge in [-0.15, -0.1) is 6.58 Å². The average molecular weight is 397 g/mol. The number of piperidine rings is 1. The number of ether oxygens (including phenoxy) is 1. The fraction of sp³-hybridized carbons (Fsp3) is 0.500. The van der Waals surface area contributed by atoms with Crippen molar-refractivity contribution in [3.63, 3.8) is 0 Å². The van der Waals surface area contributed by atoms with Gasteiger partial charge in [0, 0.05) is 26.2 Å². The highest BCUT2D eigenvalue weighted by Crippen LogP contribution is 2.34. The number of amides is 3. The highest BCUT2D eigenvalue weighted by Gasteiger charge is 2.40. The lowest BCUT2D eigenvalue weighted by Gasteiger charge is -2.34. The number of imide groups is 1. The minimum Gasteiger partial charge on any atom is -0.376 e. The van der Waals surface area contributed by atoms with Crippen LogP contribution >= 0.6 is 0 Å². The standard InChI is InChI=1S/C22H27N3O4/c1-2-10-23-20(26)15-6-4-11-24(13-15)18-9-3-8-17-19(18)22(28)25(21(17)27)14-16-7-5-12-29-16/h2-3,8-9,15-16H,1,4-7,10-14H2,(H,23,26)/t15-,16+/m0/s1. The number of carbonyl (C=O) groups is 3. The van der Waals surface area contributed by atoms with E-state index in [1.807, 2.05) is 12.1 Å². The highest BCUT2D eigenvalue weighted by molar-refractivity contribution is 6.23. The third-order valence-electron chi connectivity index (χ3n) is 5.94. The summed E-state index contributed by atoms with van der Waals surface area (Å²) in [6.45, 7) is 6.36. The SMILES string of the molecule is C=CCNC(=O)[C@H]1CCCN(c2cccc3c2C(=O)N(C[C@H]2CCCO2)C3=O)C1. The van der Waals surface area contributed by atoms with E-state index in [0.29, 0.717) is 37.4 Å². The van der Waals surface area contributed by atoms with E-state index in [9.17, 15) is 14.4 Å². The van der Waals surface area contributed by atoms with Crippen LogP contribution in [-0.2, 0) is 9.53 Å². The van der Waals surface area contributed by atoms with Crippen LogP contribution in [0.4, 0.5) is 5.69 Å². The van der Waals surface area contributed by atoms with Gasteiger partial charge in [0.05, 0.1) is 35.4 Å². The Bertz CT molecular complexity index is 831. The van der Waals surface area contributed by atoms with E-state index in [1.165, 1.54) is 4.90 Å². The second kappa shape index (κ2) is 8.37. The summed E-state index contributed by atoms with van der Waals surface area (Å²) in [5.74, 6) is -0.645. The smallest absolute Gasteiger partial charge is 0.263 e. The maximum absolute atomic E-state index is 13.1. The summed E-state index contributed by atoms with van der Waals surface area (Å²) in [6, 6.07) is 5.41. The molecule has 4 rings (SSSR count). The Balaban J connectivity index is 1.55. The first-order valence-electron chi connectivity index (χ1n) is 10.3. The van der Waals surface area contributed by atoms with Crippen molar-refractivity contribution in [1.29, 1.82) is 0 Å². The first kappa shape index (κ1) is 19.6. The molecule has 29 heavy (non-hydrogen) atoms. The molecule has 2 fully saturated rings. The number of carbonyl (C=O) groups excluding carboxylic acids is 3. The van der Waals surface area contributed by atoms with Crippen LogP contribution < -0.4 is 10.2 Å². The molecule has 3 aliphatic heterocycles. The van der Waals surface area contributed by atoms with Crippen molar-refractivity contribution in [2.45, 2.75) is 31.8 Å². The van der Waals surface area contributed by atoms with E-state index < -0.39 is 0 Å². The number of hydrogen-bond acceptors (Lipinski definition) is 5. The van der Waals surface area contributed by atoms with Gasteiger partial charge in [-0.1, -0.05) is 12.1 Å². The Morgan fingerprint density at radius 3 is 2.86 bits per heavy atom.